The number of benzene rings is 2. The summed E-state index contributed by atoms with van der Waals surface area (Å²) in [6.07, 6.45) is 3.14. The molecular weight excluding hydrogens is 372 g/mol. The van der Waals surface area contributed by atoms with E-state index in [-0.39, 0.29) is 11.8 Å². The molecule has 4 heteroatoms. The smallest absolute Gasteiger partial charge is 0.277 e. The molecule has 0 saturated carbocycles. The Kier molecular flexibility index (Phi) is 5.76. The maximum absolute atomic E-state index is 13.2. The van der Waals surface area contributed by atoms with Gasteiger partial charge in [-0.3, -0.25) is 14.5 Å². The summed E-state index contributed by atoms with van der Waals surface area (Å²) >= 11 is 0. The first-order chi connectivity index (χ1) is 14.5. The minimum absolute atomic E-state index is 0.141. The molecule has 0 bridgehead atoms. The Morgan fingerprint density at radius 2 is 1.60 bits per heavy atom. The van der Waals surface area contributed by atoms with Crippen LogP contribution in [0.4, 0.5) is 0 Å². The molecule has 0 N–H and O–H groups in total. The molecule has 2 aliphatic heterocycles. The van der Waals surface area contributed by atoms with Gasteiger partial charge in [-0.25, -0.2) is 0 Å². The summed E-state index contributed by atoms with van der Waals surface area (Å²) in [6.45, 7) is 8.01. The van der Waals surface area contributed by atoms with Crippen molar-refractivity contribution in [1.82, 2.24) is 9.80 Å². The minimum Gasteiger partial charge on any atom is -0.366 e. The van der Waals surface area contributed by atoms with E-state index in [9.17, 15) is 9.59 Å². The van der Waals surface area contributed by atoms with Crippen molar-refractivity contribution in [2.75, 3.05) is 19.6 Å². The summed E-state index contributed by atoms with van der Waals surface area (Å²) in [7, 11) is 0. The second-order valence-corrected chi connectivity index (χ2v) is 8.50. The first kappa shape index (κ1) is 20.4. The second-order valence-electron chi connectivity index (χ2n) is 8.50. The Labute approximate surface area is 179 Å². The average molecular weight is 403 g/mol. The monoisotopic (exact) mass is 402 g/mol. The number of amides is 2. The third-order valence-electron chi connectivity index (χ3n) is 6.55. The predicted octanol–water partition coefficient (Wildman–Crippen LogP) is 4.36. The molecule has 4 nitrogen and oxygen atoms in total. The van der Waals surface area contributed by atoms with Gasteiger partial charge in [0.25, 0.3) is 11.8 Å². The number of imide groups is 1. The fourth-order valence-electron chi connectivity index (χ4n) is 4.61. The van der Waals surface area contributed by atoms with Crippen LogP contribution in [-0.4, -0.2) is 41.2 Å². The van der Waals surface area contributed by atoms with E-state index in [1.807, 2.05) is 32.0 Å². The van der Waals surface area contributed by atoms with E-state index in [0.717, 1.165) is 43.5 Å². The molecule has 0 spiro atoms. The zero-order valence-corrected chi connectivity index (χ0v) is 18.1. The third kappa shape index (κ3) is 3.79. The zero-order valence-electron chi connectivity index (χ0n) is 18.1. The Morgan fingerprint density at radius 1 is 0.900 bits per heavy atom. The molecule has 2 aromatic carbocycles. The van der Waals surface area contributed by atoms with Gasteiger partial charge in [-0.1, -0.05) is 48.5 Å². The van der Waals surface area contributed by atoms with E-state index in [1.54, 1.807) is 0 Å². The second kappa shape index (κ2) is 8.47. The maximum Gasteiger partial charge on any atom is 0.277 e. The summed E-state index contributed by atoms with van der Waals surface area (Å²) in [5.74, 6) is 0.313. The number of hydrogen-bond donors (Lipinski definition) is 0. The van der Waals surface area contributed by atoms with Gasteiger partial charge in [-0.05, 0) is 68.2 Å². The SMILES string of the molecule is CCN1C(=O)C(c2ccc(C)c(C)c2)=C(N2CCC(Cc3ccccc3)CC2)C1=O. The fourth-order valence-corrected chi connectivity index (χ4v) is 4.61. The molecule has 0 aliphatic carbocycles. The van der Waals surface area contributed by atoms with E-state index < -0.39 is 0 Å². The van der Waals surface area contributed by atoms with Crippen molar-refractivity contribution in [3.05, 3.63) is 76.5 Å². The topological polar surface area (TPSA) is 40.6 Å². The van der Waals surface area contributed by atoms with Gasteiger partial charge in [-0.15, -0.1) is 0 Å². The van der Waals surface area contributed by atoms with Crippen molar-refractivity contribution in [1.29, 1.82) is 0 Å². The van der Waals surface area contributed by atoms with Crippen LogP contribution in [0.3, 0.4) is 0 Å². The van der Waals surface area contributed by atoms with Gasteiger partial charge in [0.2, 0.25) is 0 Å². The number of aryl methyl sites for hydroxylation is 2. The quantitative estimate of drug-likeness (QED) is 0.698. The molecule has 0 aromatic heterocycles. The van der Waals surface area contributed by atoms with Crippen LogP contribution in [-0.2, 0) is 16.0 Å². The summed E-state index contributed by atoms with van der Waals surface area (Å²) in [4.78, 5) is 29.8. The van der Waals surface area contributed by atoms with Gasteiger partial charge in [0, 0.05) is 19.6 Å². The Morgan fingerprint density at radius 3 is 2.23 bits per heavy atom. The summed E-state index contributed by atoms with van der Waals surface area (Å²) in [5, 5.41) is 0. The van der Waals surface area contributed by atoms with Crippen molar-refractivity contribution in [2.24, 2.45) is 5.92 Å². The summed E-state index contributed by atoms with van der Waals surface area (Å²) < 4.78 is 0. The molecule has 2 aromatic rings. The van der Waals surface area contributed by atoms with E-state index in [2.05, 4.69) is 42.2 Å². The van der Waals surface area contributed by atoms with Crippen molar-refractivity contribution in [3.63, 3.8) is 0 Å². The lowest BCUT2D eigenvalue weighted by molar-refractivity contribution is -0.137. The molecule has 0 atom stereocenters. The van der Waals surface area contributed by atoms with Crippen LogP contribution >= 0.6 is 0 Å². The number of nitrogens with zero attached hydrogens (tertiary/aromatic N) is 2. The number of likely N-dealkylation sites (tertiary alicyclic amines) is 1. The molecule has 2 amide bonds. The molecule has 30 heavy (non-hydrogen) atoms. The van der Waals surface area contributed by atoms with Crippen LogP contribution in [0.15, 0.2) is 54.2 Å². The first-order valence-electron chi connectivity index (χ1n) is 11.0. The molecule has 0 radical (unpaired) electrons. The molecule has 2 heterocycles. The highest BCUT2D eigenvalue weighted by molar-refractivity contribution is 6.35. The largest absolute Gasteiger partial charge is 0.366 e. The van der Waals surface area contributed by atoms with Crippen molar-refractivity contribution in [3.8, 4) is 0 Å². The lowest BCUT2D eigenvalue weighted by atomic mass is 9.89. The van der Waals surface area contributed by atoms with Gasteiger partial charge < -0.3 is 4.90 Å². The number of piperidine rings is 1. The van der Waals surface area contributed by atoms with Gasteiger partial charge >= 0.3 is 0 Å². The van der Waals surface area contributed by atoms with E-state index in [4.69, 9.17) is 0 Å². The highest BCUT2D eigenvalue weighted by Crippen LogP contribution is 2.35. The molecule has 1 saturated heterocycles. The molecule has 2 aliphatic rings. The maximum atomic E-state index is 13.2. The molecule has 156 valence electrons. The third-order valence-corrected chi connectivity index (χ3v) is 6.55. The Balaban J connectivity index is 1.59. The van der Waals surface area contributed by atoms with Gasteiger partial charge in [0.15, 0.2) is 0 Å². The van der Waals surface area contributed by atoms with Crippen LogP contribution in [0, 0.1) is 19.8 Å². The molecular formula is C26H30N2O2. The van der Waals surface area contributed by atoms with Gasteiger partial charge in [0.05, 0.1) is 5.57 Å². The van der Waals surface area contributed by atoms with E-state index in [1.165, 1.54) is 16.0 Å². The van der Waals surface area contributed by atoms with Gasteiger partial charge in [-0.2, -0.15) is 0 Å². The Bertz CT molecular complexity index is 985. The average Bonchev–Trinajstić information content (AvgIpc) is 3.01. The van der Waals surface area contributed by atoms with Crippen molar-refractivity contribution < 1.29 is 9.59 Å². The number of hydrogen-bond acceptors (Lipinski definition) is 3. The first-order valence-corrected chi connectivity index (χ1v) is 11.0. The summed E-state index contributed by atoms with van der Waals surface area (Å²) in [6, 6.07) is 16.7. The highest BCUT2D eigenvalue weighted by Gasteiger charge is 2.41. The molecule has 0 unspecified atom stereocenters. The van der Waals surface area contributed by atoms with Gasteiger partial charge in [0.1, 0.15) is 5.70 Å². The lowest BCUT2D eigenvalue weighted by Crippen LogP contribution is -2.39. The van der Waals surface area contributed by atoms with Crippen LogP contribution in [0.2, 0.25) is 0 Å². The summed E-state index contributed by atoms with van der Waals surface area (Å²) in [5.41, 5.74) is 5.72. The standard InChI is InChI=1S/C26H30N2O2/c1-4-28-25(29)23(22-11-10-18(2)19(3)16-22)24(26(28)30)27-14-12-21(13-15-27)17-20-8-6-5-7-9-20/h5-11,16,21H,4,12-15,17H2,1-3H3. The highest BCUT2D eigenvalue weighted by atomic mass is 16.2. The minimum atomic E-state index is -0.160. The number of likely N-dealkylation sites (N-methyl/N-ethyl adjacent to an activating group) is 1. The van der Waals surface area contributed by atoms with Crippen LogP contribution < -0.4 is 0 Å². The van der Waals surface area contributed by atoms with E-state index in [0.29, 0.717) is 23.7 Å². The number of rotatable bonds is 5. The van der Waals surface area contributed by atoms with Crippen LogP contribution in [0.5, 0.6) is 0 Å². The molecule has 1 fully saturated rings. The lowest BCUT2D eigenvalue weighted by Gasteiger charge is -2.34. The van der Waals surface area contributed by atoms with Crippen LogP contribution in [0.1, 0.15) is 42.0 Å². The normalized spacial score (nSPS) is 18.0. The molecule has 4 rings (SSSR count). The Hall–Kier alpha value is -2.88. The van der Waals surface area contributed by atoms with Crippen molar-refractivity contribution >= 4 is 17.4 Å². The predicted molar refractivity (Wildman–Crippen MR) is 120 cm³/mol. The van der Waals surface area contributed by atoms with Crippen LogP contribution in [0.25, 0.3) is 5.57 Å². The van der Waals surface area contributed by atoms with E-state index >= 15 is 0 Å². The van der Waals surface area contributed by atoms with Crippen molar-refractivity contribution in [2.45, 2.75) is 40.0 Å². The fraction of sp³-hybridized carbons (Fsp3) is 0.385. The number of carbonyl (C=O) groups excluding carboxylic acids is 2. The zero-order chi connectivity index (χ0) is 21.3. The number of carbonyl (C=O) groups is 2.